The number of phenols is 1. The zero-order valence-electron chi connectivity index (χ0n) is 17.4. The van der Waals surface area contributed by atoms with Gasteiger partial charge in [-0.05, 0) is 42.0 Å². The highest BCUT2D eigenvalue weighted by molar-refractivity contribution is 6.09. The number of phenolic OH excluding ortho intramolecular Hbond substituents is 1. The largest absolute Gasteiger partial charge is 0.508 e. The predicted octanol–water partition coefficient (Wildman–Crippen LogP) is 3.02. The number of hydrogen-bond donors (Lipinski definition) is 4. The number of carbonyl (C=O) groups excluding carboxylic acids is 1. The van der Waals surface area contributed by atoms with Crippen LogP contribution in [0.25, 0.3) is 33.4 Å². The number of aromatic amines is 1. The second-order valence-corrected chi connectivity index (χ2v) is 7.53. The van der Waals surface area contributed by atoms with Crippen molar-refractivity contribution in [1.82, 2.24) is 20.7 Å². The Balaban J connectivity index is 1.67. The summed E-state index contributed by atoms with van der Waals surface area (Å²) in [5, 5.41) is 33.1. The van der Waals surface area contributed by atoms with Crippen molar-refractivity contribution in [2.24, 2.45) is 0 Å². The molecule has 2 aliphatic rings. The third-order valence-corrected chi connectivity index (χ3v) is 5.35. The van der Waals surface area contributed by atoms with Gasteiger partial charge in [-0.15, -0.1) is 0 Å². The molecule has 0 radical (unpaired) electrons. The molecule has 0 unspecified atom stereocenters. The first-order valence-electron chi connectivity index (χ1n) is 10.1. The summed E-state index contributed by atoms with van der Waals surface area (Å²) in [6, 6.07) is 13.0. The van der Waals surface area contributed by atoms with E-state index >= 15 is 0 Å². The molecule has 1 aliphatic carbocycles. The van der Waals surface area contributed by atoms with Crippen LogP contribution in [0.5, 0.6) is 5.75 Å². The number of H-pyrrole nitrogens is 1. The predicted molar refractivity (Wildman–Crippen MR) is 121 cm³/mol. The molecule has 2 heterocycles. The molecule has 0 saturated heterocycles. The SMILES string of the molecule is O=C(NCc1cn[nH]n1)c1ccc(-c2c3ccc(=O)cc-3oc3cc(O)ccc23)c(C(=O)O)c1. The number of nitrogens with one attached hydrogen (secondary N) is 2. The fraction of sp³-hybridized carbons (Fsp3) is 0.0417. The molecule has 3 aromatic rings. The average Bonchev–Trinajstić information content (AvgIpc) is 3.34. The lowest BCUT2D eigenvalue weighted by Gasteiger charge is -2.17. The van der Waals surface area contributed by atoms with E-state index in [2.05, 4.69) is 20.7 Å². The summed E-state index contributed by atoms with van der Waals surface area (Å²) in [5.74, 6) is -1.51. The van der Waals surface area contributed by atoms with Crippen molar-refractivity contribution in [2.75, 3.05) is 0 Å². The Morgan fingerprint density at radius 1 is 1.03 bits per heavy atom. The summed E-state index contributed by atoms with van der Waals surface area (Å²) in [7, 11) is 0. The van der Waals surface area contributed by atoms with Crippen LogP contribution in [-0.2, 0) is 6.54 Å². The van der Waals surface area contributed by atoms with E-state index in [9.17, 15) is 24.6 Å². The molecule has 1 amide bonds. The maximum atomic E-state index is 12.6. The number of carbonyl (C=O) groups is 2. The van der Waals surface area contributed by atoms with Gasteiger partial charge in [0.2, 0.25) is 0 Å². The Bertz CT molecular complexity index is 1590. The fourth-order valence-corrected chi connectivity index (χ4v) is 3.81. The molecular weight excluding hydrogens is 440 g/mol. The van der Waals surface area contributed by atoms with Crippen LogP contribution in [0.4, 0.5) is 0 Å². The summed E-state index contributed by atoms with van der Waals surface area (Å²) in [5.41, 5.74) is 1.91. The molecule has 0 bridgehead atoms. The maximum absolute atomic E-state index is 12.6. The van der Waals surface area contributed by atoms with E-state index in [1.807, 2.05) is 0 Å². The minimum Gasteiger partial charge on any atom is -0.508 e. The topological polar surface area (TPSA) is 158 Å². The molecule has 1 aromatic heterocycles. The van der Waals surface area contributed by atoms with E-state index < -0.39 is 11.9 Å². The lowest BCUT2D eigenvalue weighted by Crippen LogP contribution is -2.23. The van der Waals surface area contributed by atoms with Crippen LogP contribution in [0.15, 0.2) is 70.0 Å². The van der Waals surface area contributed by atoms with E-state index in [1.165, 1.54) is 42.6 Å². The number of hydrogen-bond acceptors (Lipinski definition) is 7. The molecule has 0 saturated carbocycles. The minimum atomic E-state index is -1.23. The van der Waals surface area contributed by atoms with Crippen LogP contribution in [0.2, 0.25) is 0 Å². The monoisotopic (exact) mass is 456 g/mol. The molecule has 0 spiro atoms. The number of benzene rings is 3. The summed E-state index contributed by atoms with van der Waals surface area (Å²) in [6.45, 7) is 0.121. The van der Waals surface area contributed by atoms with E-state index in [0.717, 1.165) is 0 Å². The third kappa shape index (κ3) is 3.73. The third-order valence-electron chi connectivity index (χ3n) is 5.35. The zero-order chi connectivity index (χ0) is 23.8. The van der Waals surface area contributed by atoms with Gasteiger partial charge in [0, 0.05) is 34.2 Å². The van der Waals surface area contributed by atoms with Crippen molar-refractivity contribution < 1.29 is 24.2 Å². The van der Waals surface area contributed by atoms with Gasteiger partial charge in [0.1, 0.15) is 22.8 Å². The van der Waals surface area contributed by atoms with Gasteiger partial charge in [-0.25, -0.2) is 4.79 Å². The van der Waals surface area contributed by atoms with Crippen LogP contribution in [0, 0.1) is 0 Å². The summed E-state index contributed by atoms with van der Waals surface area (Å²) < 4.78 is 5.81. The first-order valence-corrected chi connectivity index (χ1v) is 10.1. The highest BCUT2D eigenvalue weighted by Crippen LogP contribution is 2.42. The van der Waals surface area contributed by atoms with E-state index in [4.69, 9.17) is 4.42 Å². The quantitative estimate of drug-likeness (QED) is 0.294. The highest BCUT2D eigenvalue weighted by Gasteiger charge is 2.23. The van der Waals surface area contributed by atoms with Gasteiger partial charge >= 0.3 is 5.97 Å². The summed E-state index contributed by atoms with van der Waals surface area (Å²) in [4.78, 5) is 36.8. The smallest absolute Gasteiger partial charge is 0.336 e. The van der Waals surface area contributed by atoms with Gasteiger partial charge < -0.3 is 19.9 Å². The van der Waals surface area contributed by atoms with Crippen molar-refractivity contribution >= 4 is 22.8 Å². The Labute approximate surface area is 190 Å². The molecule has 10 nitrogen and oxygen atoms in total. The molecule has 1 aliphatic heterocycles. The number of amides is 1. The highest BCUT2D eigenvalue weighted by atomic mass is 16.4. The van der Waals surface area contributed by atoms with Gasteiger partial charge in [-0.2, -0.15) is 15.4 Å². The van der Waals surface area contributed by atoms with E-state index in [1.54, 1.807) is 18.2 Å². The number of aromatic nitrogens is 3. The summed E-state index contributed by atoms with van der Waals surface area (Å²) >= 11 is 0. The van der Waals surface area contributed by atoms with Gasteiger partial charge in [0.25, 0.3) is 5.91 Å². The van der Waals surface area contributed by atoms with Crippen molar-refractivity contribution in [1.29, 1.82) is 0 Å². The molecule has 2 aromatic carbocycles. The molecule has 0 atom stereocenters. The Hall–Kier alpha value is -4.99. The molecule has 168 valence electrons. The van der Waals surface area contributed by atoms with Gasteiger partial charge in [0.05, 0.1) is 18.3 Å². The molecule has 10 heteroatoms. The number of rotatable bonds is 5. The van der Waals surface area contributed by atoms with Crippen molar-refractivity contribution in [3.8, 4) is 28.2 Å². The number of fused-ring (bicyclic) bond motifs is 2. The molecular formula is C24H16N4O6. The number of carboxylic acids is 1. The van der Waals surface area contributed by atoms with Crippen LogP contribution < -0.4 is 10.7 Å². The maximum Gasteiger partial charge on any atom is 0.336 e. The molecule has 4 N–H and O–H groups in total. The number of aromatic carboxylic acids is 1. The first kappa shape index (κ1) is 20.9. The van der Waals surface area contributed by atoms with Crippen molar-refractivity contribution in [2.45, 2.75) is 6.54 Å². The second-order valence-electron chi connectivity index (χ2n) is 7.53. The van der Waals surface area contributed by atoms with Crippen LogP contribution in [0.1, 0.15) is 26.4 Å². The van der Waals surface area contributed by atoms with E-state index in [-0.39, 0.29) is 40.2 Å². The van der Waals surface area contributed by atoms with Crippen LogP contribution in [-0.4, -0.2) is 37.5 Å². The average molecular weight is 456 g/mol. The second kappa shape index (κ2) is 8.17. The Kier molecular flexibility index (Phi) is 5.02. The molecule has 34 heavy (non-hydrogen) atoms. The minimum absolute atomic E-state index is 0.0441. The number of nitrogens with zero attached hydrogens (tertiary/aromatic N) is 2. The number of carboxylic acid groups (broad SMARTS) is 1. The van der Waals surface area contributed by atoms with Gasteiger partial charge in [-0.1, -0.05) is 6.07 Å². The Morgan fingerprint density at radius 2 is 1.85 bits per heavy atom. The lowest BCUT2D eigenvalue weighted by molar-refractivity contribution is 0.0697. The van der Waals surface area contributed by atoms with Crippen molar-refractivity contribution in [3.05, 3.63) is 87.8 Å². The van der Waals surface area contributed by atoms with E-state index in [0.29, 0.717) is 27.8 Å². The first-order chi connectivity index (χ1) is 16.4. The van der Waals surface area contributed by atoms with Crippen LogP contribution in [0.3, 0.4) is 0 Å². The molecule has 5 rings (SSSR count). The number of aromatic hydroxyl groups is 1. The van der Waals surface area contributed by atoms with Crippen molar-refractivity contribution in [3.63, 3.8) is 0 Å². The van der Waals surface area contributed by atoms with Gasteiger partial charge in [0.15, 0.2) is 5.43 Å². The fourth-order valence-electron chi connectivity index (χ4n) is 3.81. The Morgan fingerprint density at radius 3 is 2.62 bits per heavy atom. The lowest BCUT2D eigenvalue weighted by atomic mass is 9.90. The summed E-state index contributed by atoms with van der Waals surface area (Å²) in [6.07, 6.45) is 1.47. The zero-order valence-corrected chi connectivity index (χ0v) is 17.4. The van der Waals surface area contributed by atoms with Gasteiger partial charge in [-0.3, -0.25) is 9.59 Å². The standard InChI is InChI=1S/C24H16N4O6/c29-14-2-5-17-20(8-14)34-21-9-15(30)3-6-18(21)22(17)16-4-1-12(7-19(16)24(32)33)23(31)25-10-13-11-26-28-27-13/h1-9,11,29H,10H2,(H,25,31)(H,32,33)(H,26,27,28). The molecule has 0 fully saturated rings. The van der Waals surface area contributed by atoms with Crippen LogP contribution >= 0.6 is 0 Å². The normalized spacial score (nSPS) is 11.1.